The Hall–Kier alpha value is -1.46. The molecule has 2 N–H and O–H groups in total. The van der Waals surface area contributed by atoms with Gasteiger partial charge >= 0.3 is 0 Å². The van der Waals surface area contributed by atoms with Gasteiger partial charge in [-0.1, -0.05) is 0 Å². The van der Waals surface area contributed by atoms with E-state index in [2.05, 4.69) is 10.6 Å². The van der Waals surface area contributed by atoms with E-state index in [9.17, 15) is 4.79 Å². The van der Waals surface area contributed by atoms with Crippen molar-refractivity contribution in [3.8, 4) is 11.5 Å². The summed E-state index contributed by atoms with van der Waals surface area (Å²) in [5, 5.41) is 6.32. The SMILES string of the molecule is COc1ccc(OCCCNC(=O)CCC2CCNCC2)cc1.Cl. The quantitative estimate of drug-likeness (QED) is 0.668. The normalized spacial score (nSPS) is 14.5. The summed E-state index contributed by atoms with van der Waals surface area (Å²) in [6.07, 6.45) is 4.86. The monoisotopic (exact) mass is 356 g/mol. The molecule has 1 saturated heterocycles. The molecule has 0 radical (unpaired) electrons. The van der Waals surface area contributed by atoms with Crippen molar-refractivity contribution in [2.75, 3.05) is 33.4 Å². The zero-order valence-electron chi connectivity index (χ0n) is 14.4. The van der Waals surface area contributed by atoms with E-state index in [1.54, 1.807) is 7.11 Å². The fraction of sp³-hybridized carbons (Fsp3) is 0.611. The first-order chi connectivity index (χ1) is 11.3. The van der Waals surface area contributed by atoms with Gasteiger partial charge in [0, 0.05) is 13.0 Å². The molecule has 1 aliphatic heterocycles. The molecule has 1 amide bonds. The number of rotatable bonds is 9. The number of carbonyl (C=O) groups excluding carboxylic acids is 1. The number of nitrogens with one attached hydrogen (secondary N) is 2. The van der Waals surface area contributed by atoms with Gasteiger partial charge in [0.25, 0.3) is 0 Å². The van der Waals surface area contributed by atoms with Crippen LogP contribution in [0.3, 0.4) is 0 Å². The summed E-state index contributed by atoms with van der Waals surface area (Å²) < 4.78 is 10.7. The lowest BCUT2D eigenvalue weighted by Gasteiger charge is -2.22. The Balaban J connectivity index is 0.00000288. The minimum Gasteiger partial charge on any atom is -0.497 e. The first-order valence-electron chi connectivity index (χ1n) is 8.52. The van der Waals surface area contributed by atoms with E-state index in [4.69, 9.17) is 9.47 Å². The predicted octanol–water partition coefficient (Wildman–Crippen LogP) is 2.78. The maximum Gasteiger partial charge on any atom is 0.220 e. The Morgan fingerprint density at radius 3 is 2.54 bits per heavy atom. The summed E-state index contributed by atoms with van der Waals surface area (Å²) >= 11 is 0. The van der Waals surface area contributed by atoms with Crippen LogP contribution in [0.1, 0.15) is 32.1 Å². The molecule has 0 saturated carbocycles. The number of halogens is 1. The minimum absolute atomic E-state index is 0. The van der Waals surface area contributed by atoms with Gasteiger partial charge in [-0.25, -0.2) is 0 Å². The lowest BCUT2D eigenvalue weighted by Crippen LogP contribution is -2.30. The number of hydrogen-bond donors (Lipinski definition) is 2. The van der Waals surface area contributed by atoms with Gasteiger partial charge in [0.2, 0.25) is 5.91 Å². The fourth-order valence-electron chi connectivity index (χ4n) is 2.76. The Bertz CT molecular complexity index is 462. The van der Waals surface area contributed by atoms with Crippen molar-refractivity contribution in [1.29, 1.82) is 0 Å². The molecule has 24 heavy (non-hydrogen) atoms. The van der Waals surface area contributed by atoms with Crippen LogP contribution in [0.5, 0.6) is 11.5 Å². The molecule has 0 atom stereocenters. The van der Waals surface area contributed by atoms with Gasteiger partial charge in [0.15, 0.2) is 0 Å². The van der Waals surface area contributed by atoms with Gasteiger partial charge in [-0.3, -0.25) is 4.79 Å². The van der Waals surface area contributed by atoms with Gasteiger partial charge in [0.05, 0.1) is 13.7 Å². The topological polar surface area (TPSA) is 59.6 Å². The summed E-state index contributed by atoms with van der Waals surface area (Å²) in [6, 6.07) is 7.52. The first kappa shape index (κ1) is 20.6. The fourth-order valence-corrected chi connectivity index (χ4v) is 2.76. The Kier molecular flexibility index (Phi) is 10.3. The number of hydrogen-bond acceptors (Lipinski definition) is 4. The van der Waals surface area contributed by atoms with Crippen LogP contribution in [-0.4, -0.2) is 39.3 Å². The van der Waals surface area contributed by atoms with Crippen LogP contribution in [0, 0.1) is 5.92 Å². The van der Waals surface area contributed by atoms with Crippen molar-refractivity contribution in [2.45, 2.75) is 32.1 Å². The predicted molar refractivity (Wildman–Crippen MR) is 98.2 cm³/mol. The van der Waals surface area contributed by atoms with Gasteiger partial charge < -0.3 is 20.1 Å². The standard InChI is InChI=1S/C18H28N2O3.ClH/c1-22-16-4-6-17(7-5-16)23-14-2-11-20-18(21)8-3-15-9-12-19-13-10-15;/h4-7,15,19H,2-3,8-14H2,1H3,(H,20,21);1H. The van der Waals surface area contributed by atoms with Crippen molar-refractivity contribution in [3.05, 3.63) is 24.3 Å². The molecule has 1 aromatic rings. The zero-order chi connectivity index (χ0) is 16.3. The van der Waals surface area contributed by atoms with Gasteiger partial charge in [-0.2, -0.15) is 0 Å². The third-order valence-corrected chi connectivity index (χ3v) is 4.21. The van der Waals surface area contributed by atoms with Crippen LogP contribution in [0.4, 0.5) is 0 Å². The second-order valence-electron chi connectivity index (χ2n) is 5.96. The third kappa shape index (κ3) is 7.88. The smallest absolute Gasteiger partial charge is 0.220 e. The second kappa shape index (κ2) is 12.0. The molecule has 0 aromatic heterocycles. The maximum absolute atomic E-state index is 11.8. The first-order valence-corrected chi connectivity index (χ1v) is 8.52. The van der Waals surface area contributed by atoms with E-state index in [-0.39, 0.29) is 18.3 Å². The van der Waals surface area contributed by atoms with Crippen molar-refractivity contribution < 1.29 is 14.3 Å². The van der Waals surface area contributed by atoms with Gasteiger partial charge in [-0.05, 0) is 69.0 Å². The molecule has 136 valence electrons. The molecular weight excluding hydrogens is 328 g/mol. The lowest BCUT2D eigenvalue weighted by atomic mass is 9.93. The number of benzene rings is 1. The summed E-state index contributed by atoms with van der Waals surface area (Å²) in [5.74, 6) is 2.51. The zero-order valence-corrected chi connectivity index (χ0v) is 15.2. The highest BCUT2D eigenvalue weighted by atomic mass is 35.5. The van der Waals surface area contributed by atoms with Gasteiger partial charge in [0.1, 0.15) is 11.5 Å². The molecule has 1 heterocycles. The van der Waals surface area contributed by atoms with Crippen molar-refractivity contribution >= 4 is 18.3 Å². The van der Waals surface area contributed by atoms with E-state index < -0.39 is 0 Å². The molecular formula is C18H29ClN2O3. The molecule has 6 heteroatoms. The summed E-state index contributed by atoms with van der Waals surface area (Å²) in [5.41, 5.74) is 0. The number of carbonyl (C=O) groups is 1. The molecule has 0 spiro atoms. The highest BCUT2D eigenvalue weighted by Gasteiger charge is 2.14. The lowest BCUT2D eigenvalue weighted by molar-refractivity contribution is -0.121. The molecule has 2 rings (SSSR count). The highest BCUT2D eigenvalue weighted by molar-refractivity contribution is 5.85. The number of methoxy groups -OCH3 is 1. The van der Waals surface area contributed by atoms with E-state index >= 15 is 0 Å². The molecule has 0 bridgehead atoms. The highest BCUT2D eigenvalue weighted by Crippen LogP contribution is 2.18. The van der Waals surface area contributed by atoms with Crippen LogP contribution in [0.2, 0.25) is 0 Å². The van der Waals surface area contributed by atoms with Gasteiger partial charge in [-0.15, -0.1) is 12.4 Å². The Morgan fingerprint density at radius 1 is 1.21 bits per heavy atom. The largest absolute Gasteiger partial charge is 0.497 e. The average Bonchev–Trinajstić information content (AvgIpc) is 2.61. The van der Waals surface area contributed by atoms with Crippen LogP contribution < -0.4 is 20.1 Å². The molecule has 0 aliphatic carbocycles. The molecule has 1 aromatic carbocycles. The van der Waals surface area contributed by atoms with E-state index in [1.807, 2.05) is 24.3 Å². The van der Waals surface area contributed by atoms with Crippen LogP contribution in [-0.2, 0) is 4.79 Å². The van der Waals surface area contributed by atoms with Crippen molar-refractivity contribution in [2.24, 2.45) is 5.92 Å². The number of amides is 1. The van der Waals surface area contributed by atoms with E-state index in [0.29, 0.717) is 25.5 Å². The van der Waals surface area contributed by atoms with E-state index in [1.165, 1.54) is 12.8 Å². The van der Waals surface area contributed by atoms with E-state index in [0.717, 1.165) is 37.4 Å². The summed E-state index contributed by atoms with van der Waals surface area (Å²) in [7, 11) is 1.64. The molecule has 5 nitrogen and oxygen atoms in total. The third-order valence-electron chi connectivity index (χ3n) is 4.21. The van der Waals surface area contributed by atoms with Crippen LogP contribution in [0.15, 0.2) is 24.3 Å². The number of ether oxygens (including phenoxy) is 2. The molecule has 1 aliphatic rings. The Labute approximate surface area is 150 Å². The summed E-state index contributed by atoms with van der Waals surface area (Å²) in [4.78, 5) is 11.8. The maximum atomic E-state index is 11.8. The Morgan fingerprint density at radius 2 is 1.88 bits per heavy atom. The van der Waals surface area contributed by atoms with Crippen LogP contribution in [0.25, 0.3) is 0 Å². The van der Waals surface area contributed by atoms with Crippen molar-refractivity contribution in [3.63, 3.8) is 0 Å². The second-order valence-corrected chi connectivity index (χ2v) is 5.96. The van der Waals surface area contributed by atoms with Crippen molar-refractivity contribution in [1.82, 2.24) is 10.6 Å². The minimum atomic E-state index is 0. The molecule has 1 fully saturated rings. The average molecular weight is 357 g/mol. The van der Waals surface area contributed by atoms with Crippen LogP contribution >= 0.6 is 12.4 Å². The molecule has 0 unspecified atom stereocenters. The summed E-state index contributed by atoms with van der Waals surface area (Å²) in [6.45, 7) is 3.45. The number of piperidine rings is 1.